The summed E-state index contributed by atoms with van der Waals surface area (Å²) in [5.74, 6) is -0.0597. The number of benzene rings is 2. The third kappa shape index (κ3) is 3.49. The van der Waals surface area contributed by atoms with Crippen molar-refractivity contribution < 1.29 is 14.1 Å². The molecule has 6 heteroatoms. The second-order valence-corrected chi connectivity index (χ2v) is 5.40. The minimum absolute atomic E-state index is 0.0160. The SMILES string of the molecule is CC(C)(Oc1ccc([N+](=O)[O-])cc1)c1ccc(Cl)c(F)c1. The molecule has 0 spiro atoms. The van der Waals surface area contributed by atoms with Gasteiger partial charge < -0.3 is 4.74 Å². The molecule has 0 aliphatic rings. The average Bonchev–Trinajstić information content (AvgIpc) is 2.42. The van der Waals surface area contributed by atoms with Crippen LogP contribution in [0.25, 0.3) is 0 Å². The zero-order valence-corrected chi connectivity index (χ0v) is 12.2. The van der Waals surface area contributed by atoms with Gasteiger partial charge in [0.1, 0.15) is 17.2 Å². The summed E-state index contributed by atoms with van der Waals surface area (Å²) in [4.78, 5) is 10.1. The van der Waals surface area contributed by atoms with Crippen LogP contribution in [0.2, 0.25) is 5.02 Å². The Labute approximate surface area is 126 Å². The number of nitro benzene ring substituents is 1. The minimum atomic E-state index is -0.804. The van der Waals surface area contributed by atoms with Crippen LogP contribution >= 0.6 is 11.6 Å². The molecule has 0 aliphatic heterocycles. The van der Waals surface area contributed by atoms with Crippen molar-refractivity contribution in [2.75, 3.05) is 0 Å². The Morgan fingerprint density at radius 2 is 1.81 bits per heavy atom. The maximum atomic E-state index is 13.5. The highest BCUT2D eigenvalue weighted by Gasteiger charge is 2.24. The van der Waals surface area contributed by atoms with E-state index in [1.54, 1.807) is 19.9 Å². The van der Waals surface area contributed by atoms with Gasteiger partial charge in [-0.05, 0) is 43.7 Å². The second kappa shape index (κ2) is 5.69. The Bertz CT molecular complexity index is 671. The minimum Gasteiger partial charge on any atom is -0.483 e. The van der Waals surface area contributed by atoms with Crippen molar-refractivity contribution in [2.45, 2.75) is 19.4 Å². The number of hydrogen-bond acceptors (Lipinski definition) is 3. The highest BCUT2D eigenvalue weighted by atomic mass is 35.5. The molecule has 0 unspecified atom stereocenters. The van der Waals surface area contributed by atoms with E-state index in [0.717, 1.165) is 0 Å². The van der Waals surface area contributed by atoms with E-state index in [4.69, 9.17) is 16.3 Å². The molecule has 0 atom stereocenters. The second-order valence-electron chi connectivity index (χ2n) is 4.99. The summed E-state index contributed by atoms with van der Waals surface area (Å²) >= 11 is 5.66. The average molecular weight is 310 g/mol. The number of nitro groups is 1. The summed E-state index contributed by atoms with van der Waals surface area (Å²) in [7, 11) is 0. The van der Waals surface area contributed by atoms with E-state index in [0.29, 0.717) is 11.3 Å². The zero-order valence-electron chi connectivity index (χ0n) is 11.5. The lowest BCUT2D eigenvalue weighted by Gasteiger charge is -2.27. The van der Waals surface area contributed by atoms with Gasteiger partial charge in [-0.25, -0.2) is 4.39 Å². The van der Waals surface area contributed by atoms with Crippen LogP contribution in [-0.4, -0.2) is 4.92 Å². The van der Waals surface area contributed by atoms with E-state index >= 15 is 0 Å². The van der Waals surface area contributed by atoms with E-state index in [9.17, 15) is 14.5 Å². The summed E-state index contributed by atoms with van der Waals surface area (Å²) in [6.07, 6.45) is 0. The number of hydrogen-bond donors (Lipinski definition) is 0. The van der Waals surface area contributed by atoms with Crippen LogP contribution < -0.4 is 4.74 Å². The topological polar surface area (TPSA) is 52.4 Å². The van der Waals surface area contributed by atoms with Gasteiger partial charge in [0.05, 0.1) is 9.95 Å². The number of nitrogens with zero attached hydrogens (tertiary/aromatic N) is 1. The highest BCUT2D eigenvalue weighted by Crippen LogP contribution is 2.30. The first kappa shape index (κ1) is 15.3. The van der Waals surface area contributed by atoms with Crippen molar-refractivity contribution in [3.63, 3.8) is 0 Å². The molecule has 0 bridgehead atoms. The predicted molar refractivity (Wildman–Crippen MR) is 78.2 cm³/mol. The van der Waals surface area contributed by atoms with Gasteiger partial charge in [0.2, 0.25) is 0 Å². The Hall–Kier alpha value is -2.14. The number of halogens is 2. The van der Waals surface area contributed by atoms with Crippen LogP contribution in [0.1, 0.15) is 19.4 Å². The molecule has 0 N–H and O–H groups in total. The third-order valence-electron chi connectivity index (χ3n) is 3.04. The molecular weight excluding hydrogens is 297 g/mol. The van der Waals surface area contributed by atoms with Gasteiger partial charge in [-0.3, -0.25) is 10.1 Å². The molecule has 0 fully saturated rings. The summed E-state index contributed by atoms with van der Waals surface area (Å²) in [5.41, 5.74) is -0.206. The van der Waals surface area contributed by atoms with E-state index < -0.39 is 16.3 Å². The highest BCUT2D eigenvalue weighted by molar-refractivity contribution is 6.30. The molecule has 0 heterocycles. The van der Waals surface area contributed by atoms with Gasteiger partial charge in [-0.1, -0.05) is 17.7 Å². The molecule has 0 aliphatic carbocycles. The third-order valence-corrected chi connectivity index (χ3v) is 3.34. The molecule has 0 saturated carbocycles. The summed E-state index contributed by atoms with van der Waals surface area (Å²) < 4.78 is 19.3. The molecule has 2 aromatic carbocycles. The fraction of sp³-hybridized carbons (Fsp3) is 0.200. The maximum Gasteiger partial charge on any atom is 0.269 e. The van der Waals surface area contributed by atoms with Crippen LogP contribution in [0.15, 0.2) is 42.5 Å². The molecule has 110 valence electrons. The lowest BCUT2D eigenvalue weighted by atomic mass is 9.98. The summed E-state index contributed by atoms with van der Waals surface area (Å²) in [6.45, 7) is 3.55. The standard InChI is InChI=1S/C15H13ClFNO3/c1-15(2,10-3-8-13(16)14(17)9-10)21-12-6-4-11(5-7-12)18(19)20/h3-9H,1-2H3. The maximum absolute atomic E-state index is 13.5. The molecule has 0 saturated heterocycles. The molecule has 0 amide bonds. The molecule has 0 aromatic heterocycles. The number of ether oxygens (including phenoxy) is 1. The van der Waals surface area contributed by atoms with Crippen LogP contribution in [-0.2, 0) is 5.60 Å². The van der Waals surface area contributed by atoms with Crippen LogP contribution in [0, 0.1) is 15.9 Å². The summed E-state index contributed by atoms with van der Waals surface area (Å²) in [5, 5.41) is 10.6. The van der Waals surface area contributed by atoms with Crippen molar-refractivity contribution >= 4 is 17.3 Å². The quantitative estimate of drug-likeness (QED) is 0.607. The predicted octanol–water partition coefficient (Wildman–Crippen LogP) is 4.70. The molecule has 4 nitrogen and oxygen atoms in total. The largest absolute Gasteiger partial charge is 0.483 e. The van der Waals surface area contributed by atoms with Crippen molar-refractivity contribution in [3.8, 4) is 5.75 Å². The van der Waals surface area contributed by atoms with Gasteiger partial charge in [-0.15, -0.1) is 0 Å². The number of rotatable bonds is 4. The Kier molecular flexibility index (Phi) is 4.14. The van der Waals surface area contributed by atoms with Crippen molar-refractivity contribution in [1.29, 1.82) is 0 Å². The van der Waals surface area contributed by atoms with Crippen LogP contribution in [0.4, 0.5) is 10.1 Å². The van der Waals surface area contributed by atoms with Gasteiger partial charge >= 0.3 is 0 Å². The van der Waals surface area contributed by atoms with Crippen LogP contribution in [0.3, 0.4) is 0 Å². The van der Waals surface area contributed by atoms with E-state index in [-0.39, 0.29) is 10.7 Å². The Balaban J connectivity index is 2.23. The van der Waals surface area contributed by atoms with Crippen molar-refractivity contribution in [1.82, 2.24) is 0 Å². The Morgan fingerprint density at radius 1 is 1.19 bits per heavy atom. The van der Waals surface area contributed by atoms with E-state index in [2.05, 4.69) is 0 Å². The smallest absolute Gasteiger partial charge is 0.269 e. The first-order chi connectivity index (χ1) is 9.79. The number of non-ortho nitro benzene ring substituents is 1. The van der Waals surface area contributed by atoms with Crippen LogP contribution in [0.5, 0.6) is 5.75 Å². The van der Waals surface area contributed by atoms with Gasteiger partial charge in [0, 0.05) is 12.1 Å². The first-order valence-corrected chi connectivity index (χ1v) is 6.56. The molecular formula is C15H13ClFNO3. The van der Waals surface area contributed by atoms with Gasteiger partial charge in [0.25, 0.3) is 5.69 Å². The Morgan fingerprint density at radius 3 is 2.33 bits per heavy atom. The molecule has 2 aromatic rings. The monoisotopic (exact) mass is 309 g/mol. The van der Waals surface area contributed by atoms with E-state index in [1.807, 2.05) is 0 Å². The van der Waals surface area contributed by atoms with Gasteiger partial charge in [0.15, 0.2) is 0 Å². The lowest BCUT2D eigenvalue weighted by molar-refractivity contribution is -0.384. The summed E-state index contributed by atoms with van der Waals surface area (Å²) in [6, 6.07) is 10.2. The van der Waals surface area contributed by atoms with Crippen molar-refractivity contribution in [2.24, 2.45) is 0 Å². The normalized spacial score (nSPS) is 11.2. The van der Waals surface area contributed by atoms with Crippen molar-refractivity contribution in [3.05, 3.63) is 69.0 Å². The fourth-order valence-electron chi connectivity index (χ4n) is 1.86. The molecule has 0 radical (unpaired) electrons. The fourth-order valence-corrected chi connectivity index (χ4v) is 1.98. The molecule has 2 rings (SSSR count). The first-order valence-electron chi connectivity index (χ1n) is 6.18. The zero-order chi connectivity index (χ0) is 15.6. The molecule has 21 heavy (non-hydrogen) atoms. The van der Waals surface area contributed by atoms with E-state index in [1.165, 1.54) is 36.4 Å². The van der Waals surface area contributed by atoms with Gasteiger partial charge in [-0.2, -0.15) is 0 Å². The lowest BCUT2D eigenvalue weighted by Crippen LogP contribution is -2.25.